The van der Waals surface area contributed by atoms with Gasteiger partial charge in [0, 0.05) is 45.9 Å². The number of rotatable bonds is 3. The molecule has 0 fully saturated rings. The lowest BCUT2D eigenvalue weighted by Gasteiger charge is -2.11. The first-order valence-corrected chi connectivity index (χ1v) is 11.0. The number of hydrogen-bond acceptors (Lipinski definition) is 4. The zero-order valence-electron chi connectivity index (χ0n) is 18.7. The van der Waals surface area contributed by atoms with Crippen LogP contribution in [-0.4, -0.2) is 46.8 Å². The number of methoxy groups -OCH3 is 1. The van der Waals surface area contributed by atoms with E-state index >= 15 is 0 Å². The predicted octanol–water partition coefficient (Wildman–Crippen LogP) is 5.48. The molecule has 1 amide bonds. The van der Waals surface area contributed by atoms with Crippen molar-refractivity contribution < 1.29 is 32.6 Å². The van der Waals surface area contributed by atoms with E-state index in [1.807, 2.05) is 48.5 Å². The van der Waals surface area contributed by atoms with Crippen molar-refractivity contribution in [3.05, 3.63) is 70.9 Å². The number of aliphatic carboxylic acids is 1. The Morgan fingerprint density at radius 1 is 1.08 bits per heavy atom. The van der Waals surface area contributed by atoms with Gasteiger partial charge in [0.05, 0.1) is 23.9 Å². The van der Waals surface area contributed by atoms with Gasteiger partial charge in [0.2, 0.25) is 0 Å². The van der Waals surface area contributed by atoms with Crippen molar-refractivity contribution in [3.8, 4) is 28.3 Å². The molecule has 5 rings (SSSR count). The lowest BCUT2D eigenvalue weighted by atomic mass is 10.0. The number of para-hydroxylation sites is 1. The van der Waals surface area contributed by atoms with Gasteiger partial charge in [-0.1, -0.05) is 35.9 Å². The zero-order valence-corrected chi connectivity index (χ0v) is 19.5. The summed E-state index contributed by atoms with van der Waals surface area (Å²) in [4.78, 5) is 29.4. The van der Waals surface area contributed by atoms with Gasteiger partial charge in [-0.25, -0.2) is 9.78 Å². The number of carboxylic acids is 1. The highest BCUT2D eigenvalue weighted by Gasteiger charge is 2.38. The number of carboxylic acid groups (broad SMARTS) is 1. The summed E-state index contributed by atoms with van der Waals surface area (Å²) in [5.41, 5.74) is 5.98. The molecular weight excluding hydrogens is 499 g/mol. The number of fused-ring (bicyclic) bond motifs is 2. The molecule has 0 saturated carbocycles. The van der Waals surface area contributed by atoms with Crippen molar-refractivity contribution >= 4 is 34.4 Å². The van der Waals surface area contributed by atoms with Crippen LogP contribution in [0.2, 0.25) is 5.02 Å². The van der Waals surface area contributed by atoms with E-state index in [9.17, 15) is 18.0 Å². The van der Waals surface area contributed by atoms with Crippen LogP contribution >= 0.6 is 11.6 Å². The molecule has 2 aromatic carbocycles. The summed E-state index contributed by atoms with van der Waals surface area (Å²) in [5, 5.41) is 11.7. The average Bonchev–Trinajstić information content (AvgIpc) is 3.29. The number of nitrogens with zero attached hydrogens (tertiary/aromatic N) is 1. The summed E-state index contributed by atoms with van der Waals surface area (Å²) in [6.07, 6.45) is -4.29. The molecule has 0 aliphatic carbocycles. The summed E-state index contributed by atoms with van der Waals surface area (Å²) in [5.74, 6) is -2.08. The predicted molar refractivity (Wildman–Crippen MR) is 128 cm³/mol. The summed E-state index contributed by atoms with van der Waals surface area (Å²) >= 11 is 6.21. The number of ether oxygens (including phenoxy) is 1. The maximum absolute atomic E-state index is 12.2. The van der Waals surface area contributed by atoms with Crippen LogP contribution in [0.25, 0.3) is 33.4 Å². The molecule has 0 atom stereocenters. The fourth-order valence-corrected chi connectivity index (χ4v) is 4.01. The monoisotopic (exact) mass is 517 g/mol. The summed E-state index contributed by atoms with van der Waals surface area (Å²) in [6, 6.07) is 17.5. The number of H-pyrrole nitrogens is 1. The van der Waals surface area contributed by atoms with Gasteiger partial charge in [-0.15, -0.1) is 0 Å². The Morgan fingerprint density at radius 3 is 2.50 bits per heavy atom. The molecule has 4 aromatic rings. The quantitative estimate of drug-likeness (QED) is 0.334. The Morgan fingerprint density at radius 2 is 1.83 bits per heavy atom. The minimum atomic E-state index is -5.08. The fourth-order valence-electron chi connectivity index (χ4n) is 3.83. The number of aromatic nitrogens is 2. The minimum Gasteiger partial charge on any atom is -0.496 e. The van der Waals surface area contributed by atoms with Gasteiger partial charge in [0.1, 0.15) is 5.75 Å². The van der Waals surface area contributed by atoms with Crippen LogP contribution in [0.1, 0.15) is 16.1 Å². The van der Waals surface area contributed by atoms with Gasteiger partial charge in [0.25, 0.3) is 5.91 Å². The van der Waals surface area contributed by atoms with Crippen molar-refractivity contribution in [2.75, 3.05) is 13.7 Å². The molecule has 0 radical (unpaired) electrons. The Kier molecular flexibility index (Phi) is 6.89. The molecule has 3 N–H and O–H groups in total. The SMILES string of the molecule is COc1ccc(Cl)cc1-c1ccc2cccc(-c3cc4c([nH]3)CCNC4=O)c2n1.O=C(O)C(F)(F)F. The van der Waals surface area contributed by atoms with Gasteiger partial charge >= 0.3 is 12.1 Å². The van der Waals surface area contributed by atoms with Gasteiger partial charge in [0.15, 0.2) is 0 Å². The van der Waals surface area contributed by atoms with E-state index in [2.05, 4.69) is 10.3 Å². The molecular formula is C25H19ClF3N3O4. The topological polar surface area (TPSA) is 104 Å². The molecule has 0 bridgehead atoms. The number of benzene rings is 2. The molecule has 0 spiro atoms. The number of nitrogens with one attached hydrogen (secondary N) is 2. The van der Waals surface area contributed by atoms with Crippen molar-refractivity contribution in [2.24, 2.45) is 0 Å². The molecule has 7 nitrogen and oxygen atoms in total. The number of pyridine rings is 1. The van der Waals surface area contributed by atoms with Crippen LogP contribution in [0.3, 0.4) is 0 Å². The van der Waals surface area contributed by atoms with E-state index in [4.69, 9.17) is 31.2 Å². The summed E-state index contributed by atoms with van der Waals surface area (Å²) in [6.45, 7) is 0.651. The van der Waals surface area contributed by atoms with Gasteiger partial charge < -0.3 is 20.1 Å². The summed E-state index contributed by atoms with van der Waals surface area (Å²) in [7, 11) is 1.63. The second-order valence-electron chi connectivity index (χ2n) is 7.80. The van der Waals surface area contributed by atoms with Crippen LogP contribution in [0.4, 0.5) is 13.2 Å². The summed E-state index contributed by atoms with van der Waals surface area (Å²) < 4.78 is 37.2. The van der Waals surface area contributed by atoms with E-state index in [0.29, 0.717) is 22.9 Å². The third-order valence-corrected chi connectivity index (χ3v) is 5.73. The maximum atomic E-state index is 12.2. The van der Waals surface area contributed by atoms with Crippen LogP contribution in [-0.2, 0) is 11.2 Å². The number of hydrogen-bond donors (Lipinski definition) is 3. The standard InChI is InChI=1S/C23H18ClN3O2.C2HF3O2/c1-29-21-8-6-14(24)11-16(21)18-7-5-13-3-2-4-15(22(13)27-18)20-12-17-19(26-20)9-10-25-23(17)28;3-2(4,5)1(6)7/h2-8,11-12,26H,9-10H2,1H3,(H,25,28);(H,6,7). The van der Waals surface area contributed by atoms with Gasteiger partial charge in [-0.2, -0.15) is 13.2 Å². The van der Waals surface area contributed by atoms with Crippen molar-refractivity contribution in [2.45, 2.75) is 12.6 Å². The number of carbonyl (C=O) groups is 2. The average molecular weight is 518 g/mol. The van der Waals surface area contributed by atoms with Crippen molar-refractivity contribution in [1.82, 2.24) is 15.3 Å². The number of amides is 1. The highest BCUT2D eigenvalue weighted by atomic mass is 35.5. The molecule has 1 aliphatic rings. The Hall–Kier alpha value is -4.05. The third kappa shape index (κ3) is 5.13. The van der Waals surface area contributed by atoms with Crippen LogP contribution in [0.15, 0.2) is 54.6 Å². The Bertz CT molecular complexity index is 1470. The molecule has 2 aromatic heterocycles. The number of halogens is 4. The van der Waals surface area contributed by atoms with Gasteiger partial charge in [-0.05, 0) is 30.3 Å². The van der Waals surface area contributed by atoms with E-state index in [-0.39, 0.29) is 5.91 Å². The fraction of sp³-hybridized carbons (Fsp3) is 0.160. The first-order valence-electron chi connectivity index (χ1n) is 10.6. The Labute approximate surface area is 207 Å². The van der Waals surface area contributed by atoms with Gasteiger partial charge in [-0.3, -0.25) is 4.79 Å². The molecule has 1 aliphatic heterocycles. The van der Waals surface area contributed by atoms with Crippen LogP contribution in [0.5, 0.6) is 5.75 Å². The highest BCUT2D eigenvalue weighted by Crippen LogP contribution is 2.35. The largest absolute Gasteiger partial charge is 0.496 e. The second kappa shape index (κ2) is 9.90. The first-order chi connectivity index (χ1) is 17.1. The molecule has 3 heterocycles. The molecule has 11 heteroatoms. The maximum Gasteiger partial charge on any atom is 0.490 e. The highest BCUT2D eigenvalue weighted by molar-refractivity contribution is 6.31. The van der Waals surface area contributed by atoms with Crippen molar-refractivity contribution in [3.63, 3.8) is 0 Å². The number of alkyl halides is 3. The number of aromatic amines is 1. The molecule has 0 unspecified atom stereocenters. The third-order valence-electron chi connectivity index (χ3n) is 5.49. The van der Waals surface area contributed by atoms with E-state index < -0.39 is 12.1 Å². The minimum absolute atomic E-state index is 0.0358. The van der Waals surface area contributed by atoms with E-state index in [1.54, 1.807) is 13.2 Å². The second-order valence-corrected chi connectivity index (χ2v) is 8.24. The zero-order chi connectivity index (χ0) is 26.0. The van der Waals surface area contributed by atoms with Crippen LogP contribution < -0.4 is 10.1 Å². The molecule has 186 valence electrons. The van der Waals surface area contributed by atoms with E-state index in [1.165, 1.54) is 0 Å². The van der Waals surface area contributed by atoms with Crippen LogP contribution in [0, 0.1) is 0 Å². The first kappa shape index (κ1) is 25.1. The molecule has 0 saturated heterocycles. The number of carbonyl (C=O) groups excluding carboxylic acids is 1. The molecule has 36 heavy (non-hydrogen) atoms. The normalized spacial score (nSPS) is 12.9. The Balaban J connectivity index is 0.000000384. The van der Waals surface area contributed by atoms with E-state index in [0.717, 1.165) is 45.5 Å². The lowest BCUT2D eigenvalue weighted by molar-refractivity contribution is -0.192. The smallest absolute Gasteiger partial charge is 0.490 e. The lowest BCUT2D eigenvalue weighted by Crippen LogP contribution is -2.31. The van der Waals surface area contributed by atoms with Crippen molar-refractivity contribution in [1.29, 1.82) is 0 Å².